The highest BCUT2D eigenvalue weighted by molar-refractivity contribution is 7.15. The SMILES string of the molecule is CC(C)(C)c1nnc(NC(=O)[C@H]2CC(=O)N(Cc3ccccc3)C2)s1. The molecule has 1 aromatic carbocycles. The number of hydrogen-bond acceptors (Lipinski definition) is 5. The first-order chi connectivity index (χ1) is 11.8. The number of aromatic nitrogens is 2. The molecular weight excluding hydrogens is 336 g/mol. The lowest BCUT2D eigenvalue weighted by Gasteiger charge is -2.16. The largest absolute Gasteiger partial charge is 0.338 e. The van der Waals surface area contributed by atoms with Crippen LogP contribution >= 0.6 is 11.3 Å². The average Bonchev–Trinajstić information content (AvgIpc) is 3.16. The Morgan fingerprint density at radius 2 is 2.00 bits per heavy atom. The molecule has 1 atom stereocenters. The number of likely N-dealkylation sites (tertiary alicyclic amines) is 1. The molecule has 0 unspecified atom stereocenters. The number of carbonyl (C=O) groups is 2. The number of rotatable bonds is 4. The molecular formula is C18H22N4O2S. The summed E-state index contributed by atoms with van der Waals surface area (Å²) in [7, 11) is 0. The minimum atomic E-state index is -0.349. The molecule has 3 rings (SSSR count). The maximum Gasteiger partial charge on any atom is 0.231 e. The second-order valence-electron chi connectivity index (χ2n) is 7.31. The van der Waals surface area contributed by atoms with E-state index in [1.54, 1.807) is 4.90 Å². The number of nitrogens with one attached hydrogen (secondary N) is 1. The summed E-state index contributed by atoms with van der Waals surface area (Å²) in [6.07, 6.45) is 0.240. The van der Waals surface area contributed by atoms with Crippen LogP contribution in [0.3, 0.4) is 0 Å². The van der Waals surface area contributed by atoms with Gasteiger partial charge in [0.25, 0.3) is 0 Å². The molecule has 132 valence electrons. The maximum atomic E-state index is 12.5. The molecule has 0 spiro atoms. The first-order valence-corrected chi connectivity index (χ1v) is 9.11. The Balaban J connectivity index is 1.60. The van der Waals surface area contributed by atoms with Gasteiger partial charge in [0.2, 0.25) is 16.9 Å². The highest BCUT2D eigenvalue weighted by atomic mass is 32.1. The predicted octanol–water partition coefficient (Wildman–Crippen LogP) is 2.82. The van der Waals surface area contributed by atoms with E-state index in [1.165, 1.54) is 11.3 Å². The van der Waals surface area contributed by atoms with Crippen molar-refractivity contribution in [3.8, 4) is 0 Å². The van der Waals surface area contributed by atoms with Gasteiger partial charge in [-0.15, -0.1) is 10.2 Å². The molecule has 1 aromatic heterocycles. The molecule has 6 nitrogen and oxygen atoms in total. The second-order valence-corrected chi connectivity index (χ2v) is 8.29. The van der Waals surface area contributed by atoms with Gasteiger partial charge in [0.05, 0.1) is 5.92 Å². The Kier molecular flexibility index (Phi) is 4.85. The highest BCUT2D eigenvalue weighted by Crippen LogP contribution is 2.28. The van der Waals surface area contributed by atoms with Crippen molar-refractivity contribution in [3.05, 3.63) is 40.9 Å². The summed E-state index contributed by atoms with van der Waals surface area (Å²) >= 11 is 1.38. The van der Waals surface area contributed by atoms with Crippen LogP contribution in [0.5, 0.6) is 0 Å². The van der Waals surface area contributed by atoms with Crippen LogP contribution < -0.4 is 5.32 Å². The number of nitrogens with zero attached hydrogens (tertiary/aromatic N) is 3. The van der Waals surface area contributed by atoms with Crippen molar-refractivity contribution in [1.82, 2.24) is 15.1 Å². The molecule has 1 aliphatic rings. The first-order valence-electron chi connectivity index (χ1n) is 8.29. The molecule has 2 aromatic rings. The lowest BCUT2D eigenvalue weighted by atomic mass is 9.98. The fourth-order valence-corrected chi connectivity index (χ4v) is 3.49. The maximum absolute atomic E-state index is 12.5. The number of benzene rings is 1. The molecule has 1 fully saturated rings. The fourth-order valence-electron chi connectivity index (χ4n) is 2.69. The molecule has 0 bridgehead atoms. The van der Waals surface area contributed by atoms with E-state index in [0.29, 0.717) is 18.2 Å². The number of anilines is 1. The van der Waals surface area contributed by atoms with E-state index in [4.69, 9.17) is 0 Å². The van der Waals surface area contributed by atoms with E-state index in [9.17, 15) is 9.59 Å². The van der Waals surface area contributed by atoms with Gasteiger partial charge in [-0.25, -0.2) is 0 Å². The third kappa shape index (κ3) is 4.22. The Morgan fingerprint density at radius 1 is 1.28 bits per heavy atom. The van der Waals surface area contributed by atoms with E-state index in [0.717, 1.165) is 10.6 Å². The minimum absolute atomic E-state index is 0.0108. The van der Waals surface area contributed by atoms with Crippen LogP contribution in [0.1, 0.15) is 37.8 Å². The van der Waals surface area contributed by atoms with Crippen molar-refractivity contribution in [3.63, 3.8) is 0 Å². The van der Waals surface area contributed by atoms with Crippen LogP contribution in [0, 0.1) is 5.92 Å². The highest BCUT2D eigenvalue weighted by Gasteiger charge is 2.34. The van der Waals surface area contributed by atoms with Gasteiger partial charge in [-0.05, 0) is 5.56 Å². The van der Waals surface area contributed by atoms with Gasteiger partial charge in [-0.3, -0.25) is 9.59 Å². The Morgan fingerprint density at radius 3 is 2.64 bits per heavy atom. The van der Waals surface area contributed by atoms with Gasteiger partial charge in [0.1, 0.15) is 5.01 Å². The van der Waals surface area contributed by atoms with Crippen LogP contribution in [-0.4, -0.2) is 33.5 Å². The van der Waals surface area contributed by atoms with Gasteiger partial charge in [0, 0.05) is 24.9 Å². The van der Waals surface area contributed by atoms with Crippen LogP contribution in [0.25, 0.3) is 0 Å². The molecule has 2 amide bonds. The third-order valence-electron chi connectivity index (χ3n) is 4.10. The van der Waals surface area contributed by atoms with Gasteiger partial charge in [0.15, 0.2) is 0 Å². The predicted molar refractivity (Wildman–Crippen MR) is 97.2 cm³/mol. The molecule has 0 aliphatic carbocycles. The summed E-state index contributed by atoms with van der Waals surface area (Å²) in [5, 5.41) is 12.3. The normalized spacial score (nSPS) is 17.8. The zero-order chi connectivity index (χ0) is 18.0. The molecule has 1 aliphatic heterocycles. The van der Waals surface area contributed by atoms with E-state index >= 15 is 0 Å². The molecule has 25 heavy (non-hydrogen) atoms. The summed E-state index contributed by atoms with van der Waals surface area (Å²) < 4.78 is 0. The van der Waals surface area contributed by atoms with Crippen molar-refractivity contribution in [2.45, 2.75) is 39.2 Å². The standard InChI is InChI=1S/C18H22N4O2S/c1-18(2,3)16-20-21-17(25-16)19-15(24)13-9-14(23)22(11-13)10-12-7-5-4-6-8-12/h4-8,13H,9-11H2,1-3H3,(H,19,21,24)/t13-/m0/s1. The third-order valence-corrected chi connectivity index (χ3v) is 5.36. The summed E-state index contributed by atoms with van der Waals surface area (Å²) in [6.45, 7) is 7.13. The van der Waals surface area contributed by atoms with Gasteiger partial charge in [-0.1, -0.05) is 62.4 Å². The van der Waals surface area contributed by atoms with Gasteiger partial charge in [-0.2, -0.15) is 0 Å². The quantitative estimate of drug-likeness (QED) is 0.912. The number of amides is 2. The minimum Gasteiger partial charge on any atom is -0.338 e. The first kappa shape index (κ1) is 17.5. The lowest BCUT2D eigenvalue weighted by molar-refractivity contribution is -0.128. The molecule has 0 saturated carbocycles. The smallest absolute Gasteiger partial charge is 0.231 e. The second kappa shape index (κ2) is 6.92. The van der Waals surface area contributed by atoms with Crippen molar-refractivity contribution >= 4 is 28.3 Å². The van der Waals surface area contributed by atoms with Crippen molar-refractivity contribution in [2.75, 3.05) is 11.9 Å². The van der Waals surface area contributed by atoms with Crippen molar-refractivity contribution < 1.29 is 9.59 Å². The van der Waals surface area contributed by atoms with Gasteiger partial charge >= 0.3 is 0 Å². The molecule has 7 heteroatoms. The summed E-state index contributed by atoms with van der Waals surface area (Å²) in [5.74, 6) is -0.504. The summed E-state index contributed by atoms with van der Waals surface area (Å²) in [6, 6.07) is 9.80. The molecule has 0 radical (unpaired) electrons. The fraction of sp³-hybridized carbons (Fsp3) is 0.444. The van der Waals surface area contributed by atoms with Crippen LogP contribution in [0.15, 0.2) is 30.3 Å². The monoisotopic (exact) mass is 358 g/mol. The van der Waals surface area contributed by atoms with Gasteiger partial charge < -0.3 is 10.2 Å². The topological polar surface area (TPSA) is 75.2 Å². The Bertz CT molecular complexity index is 767. The Hall–Kier alpha value is -2.28. The van der Waals surface area contributed by atoms with E-state index in [-0.39, 0.29) is 29.6 Å². The molecule has 1 N–H and O–H groups in total. The van der Waals surface area contributed by atoms with Crippen LogP contribution in [0.4, 0.5) is 5.13 Å². The Labute approximate surface area is 151 Å². The lowest BCUT2D eigenvalue weighted by Crippen LogP contribution is -2.28. The summed E-state index contributed by atoms with van der Waals surface area (Å²) in [4.78, 5) is 26.4. The average molecular weight is 358 g/mol. The molecule has 2 heterocycles. The zero-order valence-corrected chi connectivity index (χ0v) is 15.5. The number of hydrogen-bond donors (Lipinski definition) is 1. The summed E-state index contributed by atoms with van der Waals surface area (Å²) in [5.41, 5.74) is 0.965. The van der Waals surface area contributed by atoms with Crippen molar-refractivity contribution in [1.29, 1.82) is 0 Å². The molecule has 1 saturated heterocycles. The van der Waals surface area contributed by atoms with Crippen molar-refractivity contribution in [2.24, 2.45) is 5.92 Å². The van der Waals surface area contributed by atoms with Crippen LogP contribution in [0.2, 0.25) is 0 Å². The van der Waals surface area contributed by atoms with Crippen LogP contribution in [-0.2, 0) is 21.5 Å². The van der Waals surface area contributed by atoms with E-state index in [1.807, 2.05) is 30.3 Å². The number of carbonyl (C=O) groups excluding carboxylic acids is 2. The zero-order valence-electron chi connectivity index (χ0n) is 14.7. The van der Waals surface area contributed by atoms with E-state index in [2.05, 4.69) is 36.3 Å². The van der Waals surface area contributed by atoms with E-state index < -0.39 is 0 Å².